The average molecular weight is 257 g/mol. The van der Waals surface area contributed by atoms with E-state index in [1.165, 1.54) is 6.07 Å². The second-order valence-corrected chi connectivity index (χ2v) is 4.35. The number of benzene rings is 1. The number of rotatable bonds is 3. The molecule has 19 heavy (non-hydrogen) atoms. The molecule has 0 atom stereocenters. The first-order valence-corrected chi connectivity index (χ1v) is 5.87. The first-order valence-electron chi connectivity index (χ1n) is 5.87. The van der Waals surface area contributed by atoms with E-state index in [-0.39, 0.29) is 5.69 Å². The van der Waals surface area contributed by atoms with Crippen LogP contribution in [0.4, 0.5) is 11.6 Å². The minimum atomic E-state index is -1.05. The number of carboxylic acid groups (broad SMARTS) is 1. The van der Waals surface area contributed by atoms with E-state index in [0.717, 1.165) is 11.3 Å². The molecule has 0 unspecified atom stereocenters. The molecule has 0 amide bonds. The molecule has 1 aromatic heterocycles. The Morgan fingerprint density at radius 3 is 2.53 bits per heavy atom. The zero-order valence-electron chi connectivity index (χ0n) is 11.1. The van der Waals surface area contributed by atoms with Crippen molar-refractivity contribution in [3.63, 3.8) is 0 Å². The Morgan fingerprint density at radius 1 is 1.21 bits per heavy atom. The number of carbonyl (C=O) groups is 1. The third-order valence-electron chi connectivity index (χ3n) is 2.84. The van der Waals surface area contributed by atoms with E-state index < -0.39 is 5.97 Å². The van der Waals surface area contributed by atoms with Crippen LogP contribution in [0.3, 0.4) is 0 Å². The zero-order valence-corrected chi connectivity index (χ0v) is 11.1. The lowest BCUT2D eigenvalue weighted by Crippen LogP contribution is -2.16. The molecule has 5 nitrogen and oxygen atoms in total. The fraction of sp³-hybridized carbons (Fsp3) is 0.214. The van der Waals surface area contributed by atoms with Crippen LogP contribution in [-0.2, 0) is 0 Å². The smallest absolute Gasteiger partial charge is 0.354 e. The molecule has 0 saturated heterocycles. The molecule has 0 aliphatic heterocycles. The number of aromatic nitrogens is 2. The summed E-state index contributed by atoms with van der Waals surface area (Å²) in [5.41, 5.74) is 2.65. The van der Waals surface area contributed by atoms with Crippen LogP contribution in [0.2, 0.25) is 0 Å². The summed E-state index contributed by atoms with van der Waals surface area (Å²) >= 11 is 0. The molecule has 0 spiro atoms. The zero-order chi connectivity index (χ0) is 14.0. The summed E-state index contributed by atoms with van der Waals surface area (Å²) in [4.78, 5) is 21.2. The molecule has 2 aromatic rings. The molecule has 0 saturated carbocycles. The summed E-state index contributed by atoms with van der Waals surface area (Å²) in [6.07, 6.45) is 0. The van der Waals surface area contributed by atoms with Crippen LogP contribution in [-0.4, -0.2) is 28.1 Å². The van der Waals surface area contributed by atoms with Crippen LogP contribution in [0.1, 0.15) is 21.7 Å². The van der Waals surface area contributed by atoms with Crippen molar-refractivity contribution in [3.05, 3.63) is 47.3 Å². The van der Waals surface area contributed by atoms with Gasteiger partial charge in [-0.05, 0) is 31.5 Å². The van der Waals surface area contributed by atoms with Gasteiger partial charge in [-0.15, -0.1) is 0 Å². The average Bonchev–Trinajstić information content (AvgIpc) is 2.37. The largest absolute Gasteiger partial charge is 0.477 e. The first-order chi connectivity index (χ1) is 8.99. The maximum atomic E-state index is 11.0. The fourth-order valence-electron chi connectivity index (χ4n) is 1.86. The highest BCUT2D eigenvalue weighted by atomic mass is 16.4. The number of carboxylic acids is 1. The van der Waals surface area contributed by atoms with E-state index >= 15 is 0 Å². The number of aryl methyl sites for hydroxylation is 2. The molecule has 0 bridgehead atoms. The van der Waals surface area contributed by atoms with Crippen LogP contribution in [0.5, 0.6) is 0 Å². The van der Waals surface area contributed by atoms with Crippen molar-refractivity contribution in [2.24, 2.45) is 0 Å². The Morgan fingerprint density at radius 2 is 1.89 bits per heavy atom. The summed E-state index contributed by atoms with van der Waals surface area (Å²) < 4.78 is 0. The van der Waals surface area contributed by atoms with Gasteiger partial charge in [-0.3, -0.25) is 0 Å². The van der Waals surface area contributed by atoms with E-state index in [4.69, 9.17) is 5.11 Å². The van der Waals surface area contributed by atoms with Gasteiger partial charge in [0.1, 0.15) is 0 Å². The predicted molar refractivity (Wildman–Crippen MR) is 73.0 cm³/mol. The van der Waals surface area contributed by atoms with E-state index in [1.807, 2.05) is 38.2 Å². The van der Waals surface area contributed by atoms with Crippen LogP contribution in [0.15, 0.2) is 30.3 Å². The maximum Gasteiger partial charge on any atom is 0.354 e. The lowest BCUT2D eigenvalue weighted by molar-refractivity contribution is 0.0690. The van der Waals surface area contributed by atoms with Crippen molar-refractivity contribution in [1.29, 1.82) is 0 Å². The van der Waals surface area contributed by atoms with Gasteiger partial charge in [0.2, 0.25) is 5.95 Å². The third-order valence-corrected chi connectivity index (χ3v) is 2.84. The summed E-state index contributed by atoms with van der Waals surface area (Å²) in [5.74, 6) is -0.670. The minimum Gasteiger partial charge on any atom is -0.477 e. The molecule has 5 heteroatoms. The summed E-state index contributed by atoms with van der Waals surface area (Å²) in [6.45, 7) is 3.74. The highest BCUT2D eigenvalue weighted by molar-refractivity contribution is 5.85. The molecule has 2 rings (SSSR count). The molecule has 0 aliphatic carbocycles. The van der Waals surface area contributed by atoms with E-state index in [1.54, 1.807) is 11.8 Å². The van der Waals surface area contributed by atoms with Crippen molar-refractivity contribution in [1.82, 2.24) is 9.97 Å². The monoisotopic (exact) mass is 257 g/mol. The molecular formula is C14H15N3O2. The lowest BCUT2D eigenvalue weighted by Gasteiger charge is -2.19. The first kappa shape index (κ1) is 13.0. The standard InChI is InChI=1S/C14H15N3O2/c1-9-6-4-5-7-12(9)17(3)14-15-10(2)8-11(16-14)13(18)19/h4-8H,1-3H3,(H,18,19). The van der Waals surface area contributed by atoms with Gasteiger partial charge in [-0.1, -0.05) is 18.2 Å². The lowest BCUT2D eigenvalue weighted by atomic mass is 10.2. The van der Waals surface area contributed by atoms with Gasteiger partial charge in [-0.2, -0.15) is 0 Å². The predicted octanol–water partition coefficient (Wildman–Crippen LogP) is 2.56. The topological polar surface area (TPSA) is 66.3 Å². The Labute approximate surface area is 111 Å². The van der Waals surface area contributed by atoms with Crippen LogP contribution >= 0.6 is 0 Å². The number of aromatic carboxylic acids is 1. The second-order valence-electron chi connectivity index (χ2n) is 4.35. The summed E-state index contributed by atoms with van der Waals surface area (Å²) in [5, 5.41) is 9.03. The highest BCUT2D eigenvalue weighted by Gasteiger charge is 2.13. The van der Waals surface area contributed by atoms with E-state index in [2.05, 4.69) is 9.97 Å². The molecule has 1 N–H and O–H groups in total. The molecule has 1 heterocycles. The van der Waals surface area contributed by atoms with Crippen molar-refractivity contribution in [3.8, 4) is 0 Å². The number of anilines is 2. The highest BCUT2D eigenvalue weighted by Crippen LogP contribution is 2.24. The second kappa shape index (κ2) is 5.06. The Kier molecular flexibility index (Phi) is 3.46. The molecule has 0 radical (unpaired) electrons. The van der Waals surface area contributed by atoms with E-state index in [9.17, 15) is 4.79 Å². The third kappa shape index (κ3) is 2.70. The normalized spacial score (nSPS) is 10.3. The number of hydrogen-bond donors (Lipinski definition) is 1. The minimum absolute atomic E-state index is 0.00272. The van der Waals surface area contributed by atoms with Gasteiger partial charge in [0, 0.05) is 18.4 Å². The molecular weight excluding hydrogens is 242 g/mol. The van der Waals surface area contributed by atoms with Gasteiger partial charge in [0.15, 0.2) is 5.69 Å². The Bertz CT molecular complexity index is 626. The maximum absolute atomic E-state index is 11.0. The molecule has 98 valence electrons. The SMILES string of the molecule is Cc1cc(C(=O)O)nc(N(C)c2ccccc2C)n1. The fourth-order valence-corrected chi connectivity index (χ4v) is 1.86. The molecule has 0 fully saturated rings. The number of para-hydroxylation sites is 1. The van der Waals surface area contributed by atoms with Gasteiger partial charge >= 0.3 is 5.97 Å². The van der Waals surface area contributed by atoms with Gasteiger partial charge < -0.3 is 10.0 Å². The molecule has 1 aromatic carbocycles. The van der Waals surface area contributed by atoms with Crippen molar-refractivity contribution < 1.29 is 9.90 Å². The van der Waals surface area contributed by atoms with E-state index in [0.29, 0.717) is 11.6 Å². The number of hydrogen-bond acceptors (Lipinski definition) is 4. The summed E-state index contributed by atoms with van der Waals surface area (Å²) in [7, 11) is 1.82. The van der Waals surface area contributed by atoms with Gasteiger partial charge in [0.05, 0.1) is 0 Å². The van der Waals surface area contributed by atoms with Gasteiger partial charge in [-0.25, -0.2) is 14.8 Å². The quantitative estimate of drug-likeness (QED) is 0.915. The Hall–Kier alpha value is -2.43. The number of nitrogens with zero attached hydrogens (tertiary/aromatic N) is 3. The van der Waals surface area contributed by atoms with Crippen molar-refractivity contribution in [2.75, 3.05) is 11.9 Å². The summed E-state index contributed by atoms with van der Waals surface area (Å²) in [6, 6.07) is 9.26. The molecule has 0 aliphatic rings. The van der Waals surface area contributed by atoms with Crippen LogP contribution in [0.25, 0.3) is 0 Å². The van der Waals surface area contributed by atoms with Crippen LogP contribution < -0.4 is 4.90 Å². The van der Waals surface area contributed by atoms with Gasteiger partial charge in [0.25, 0.3) is 0 Å². The van der Waals surface area contributed by atoms with Crippen molar-refractivity contribution in [2.45, 2.75) is 13.8 Å². The Balaban J connectivity index is 2.47. The van der Waals surface area contributed by atoms with Crippen molar-refractivity contribution >= 4 is 17.6 Å². The van der Waals surface area contributed by atoms with Crippen LogP contribution in [0, 0.1) is 13.8 Å².